The molecule has 0 spiro atoms. The number of carbonyl (C=O) groups is 1. The van der Waals surface area contributed by atoms with Crippen molar-refractivity contribution in [2.75, 3.05) is 5.43 Å². The van der Waals surface area contributed by atoms with Gasteiger partial charge in [0.15, 0.2) is 0 Å². The minimum Gasteiger partial charge on any atom is -0.558 e. The second-order valence-electron chi connectivity index (χ2n) is 3.81. The van der Waals surface area contributed by atoms with Gasteiger partial charge in [0.05, 0.1) is 0 Å². The second-order valence-corrected chi connectivity index (χ2v) is 3.81. The molecule has 1 rings (SSSR count). The molecule has 0 saturated carbocycles. The molecule has 0 amide bonds. The molecule has 0 aromatic carbocycles. The zero-order valence-corrected chi connectivity index (χ0v) is 9.90. The highest BCUT2D eigenvalue weighted by Crippen LogP contribution is 2.17. The van der Waals surface area contributed by atoms with Crippen molar-refractivity contribution in [3.05, 3.63) is 28.3 Å². The van der Waals surface area contributed by atoms with E-state index in [0.29, 0.717) is 5.82 Å². The van der Waals surface area contributed by atoms with E-state index in [1.54, 1.807) is 0 Å². The van der Waals surface area contributed by atoms with Gasteiger partial charge in [0.1, 0.15) is 5.82 Å². The van der Waals surface area contributed by atoms with E-state index in [9.17, 15) is 4.79 Å². The predicted octanol–water partition coefficient (Wildman–Crippen LogP) is 2.18. The summed E-state index contributed by atoms with van der Waals surface area (Å²) >= 11 is 0. The standard InChI is InChI=1S/C11H16N3O2/c1-6-5-7(2)10(12-8(6)3)14-13-9(4)11(15)16/h5,9H,1-4H3,(H,12,14)(H,15,16)/q-1. The Morgan fingerprint density at radius 3 is 2.62 bits per heavy atom. The van der Waals surface area contributed by atoms with Gasteiger partial charge >= 0.3 is 0 Å². The van der Waals surface area contributed by atoms with Crippen LogP contribution in [0.5, 0.6) is 0 Å². The first-order chi connectivity index (χ1) is 7.41. The van der Waals surface area contributed by atoms with Crippen molar-refractivity contribution in [1.82, 2.24) is 4.98 Å². The Balaban J connectivity index is 2.74. The Morgan fingerprint density at radius 1 is 1.44 bits per heavy atom. The minimum atomic E-state index is -0.964. The molecule has 88 valence electrons. The lowest BCUT2D eigenvalue weighted by Crippen LogP contribution is -2.18. The normalized spacial score (nSPS) is 12.2. The van der Waals surface area contributed by atoms with Gasteiger partial charge in [0.25, 0.3) is 5.97 Å². The molecule has 0 saturated heterocycles. The van der Waals surface area contributed by atoms with E-state index < -0.39 is 12.0 Å². The number of aromatic nitrogens is 1. The molecular formula is C11H16N3O2-. The first-order valence-electron chi connectivity index (χ1n) is 5.05. The number of carboxylic acids is 1. The molecule has 1 aromatic rings. The largest absolute Gasteiger partial charge is 0.558 e. The van der Waals surface area contributed by atoms with E-state index >= 15 is 0 Å². The lowest BCUT2D eigenvalue weighted by molar-refractivity contribution is -0.137. The number of hydrogen-bond donors (Lipinski definition) is 2. The first-order valence-corrected chi connectivity index (χ1v) is 5.05. The molecule has 0 radical (unpaired) electrons. The molecule has 5 nitrogen and oxygen atoms in total. The Kier molecular flexibility index (Phi) is 3.84. The summed E-state index contributed by atoms with van der Waals surface area (Å²) in [6, 6.07) is 1.20. The van der Waals surface area contributed by atoms with Gasteiger partial charge in [-0.05, 0) is 37.9 Å². The monoisotopic (exact) mass is 222 g/mol. The SMILES string of the molecule is Cc1cc(C)c(N[N-]C(C)C(=O)O)nc1C. The molecule has 0 aliphatic heterocycles. The van der Waals surface area contributed by atoms with Gasteiger partial charge in [-0.25, -0.2) is 4.98 Å². The topological polar surface area (TPSA) is 76.3 Å². The van der Waals surface area contributed by atoms with Crippen LogP contribution in [0.2, 0.25) is 0 Å². The summed E-state index contributed by atoms with van der Waals surface area (Å²) in [5.41, 5.74) is 9.47. The molecule has 0 bridgehead atoms. The average molecular weight is 222 g/mol. The molecule has 0 aliphatic carbocycles. The quantitative estimate of drug-likeness (QED) is 0.765. The Labute approximate surface area is 94.9 Å². The van der Waals surface area contributed by atoms with Gasteiger partial charge in [0.2, 0.25) is 0 Å². The van der Waals surface area contributed by atoms with Crippen LogP contribution in [0.15, 0.2) is 6.07 Å². The van der Waals surface area contributed by atoms with Gasteiger partial charge in [-0.3, -0.25) is 4.79 Å². The summed E-state index contributed by atoms with van der Waals surface area (Å²) in [5, 5.41) is 8.67. The van der Waals surface area contributed by atoms with Crippen molar-refractivity contribution in [3.63, 3.8) is 0 Å². The fourth-order valence-electron chi connectivity index (χ4n) is 1.17. The third-order valence-electron chi connectivity index (χ3n) is 2.38. The van der Waals surface area contributed by atoms with Gasteiger partial charge in [-0.2, -0.15) is 0 Å². The number of aryl methyl sites for hydroxylation is 3. The lowest BCUT2D eigenvalue weighted by Gasteiger charge is -2.27. The summed E-state index contributed by atoms with van der Waals surface area (Å²) in [4.78, 5) is 14.9. The van der Waals surface area contributed by atoms with Crippen molar-refractivity contribution >= 4 is 11.8 Å². The van der Waals surface area contributed by atoms with Gasteiger partial charge in [0, 0.05) is 5.69 Å². The first kappa shape index (κ1) is 12.4. The number of rotatable bonds is 4. The molecular weight excluding hydrogens is 206 g/mol. The number of carboxylic acid groups (broad SMARTS) is 1. The van der Waals surface area contributed by atoms with Gasteiger partial charge < -0.3 is 16.0 Å². The van der Waals surface area contributed by atoms with Crippen molar-refractivity contribution in [1.29, 1.82) is 0 Å². The maximum Gasteiger partial charge on any atom is 0.286 e. The van der Waals surface area contributed by atoms with Crippen LogP contribution in [0.4, 0.5) is 5.82 Å². The van der Waals surface area contributed by atoms with E-state index in [0.717, 1.165) is 16.8 Å². The zero-order chi connectivity index (χ0) is 12.3. The summed E-state index contributed by atoms with van der Waals surface area (Å²) in [7, 11) is 0. The van der Waals surface area contributed by atoms with Crippen LogP contribution >= 0.6 is 0 Å². The number of pyridine rings is 1. The van der Waals surface area contributed by atoms with Gasteiger partial charge in [-0.15, -0.1) is 0 Å². The van der Waals surface area contributed by atoms with Crippen LogP contribution in [-0.2, 0) is 4.79 Å². The number of aliphatic carboxylic acids is 1. The molecule has 16 heavy (non-hydrogen) atoms. The van der Waals surface area contributed by atoms with E-state index in [-0.39, 0.29) is 0 Å². The molecule has 1 atom stereocenters. The molecule has 0 fully saturated rings. The van der Waals surface area contributed by atoms with Crippen LogP contribution in [0.3, 0.4) is 0 Å². The second kappa shape index (κ2) is 4.94. The van der Waals surface area contributed by atoms with Gasteiger partial charge in [-0.1, -0.05) is 13.0 Å². The van der Waals surface area contributed by atoms with Crippen LogP contribution < -0.4 is 5.43 Å². The molecule has 1 unspecified atom stereocenters. The predicted molar refractivity (Wildman–Crippen MR) is 62.5 cm³/mol. The van der Waals surface area contributed by atoms with Crippen molar-refractivity contribution in [2.45, 2.75) is 33.7 Å². The average Bonchev–Trinajstić information content (AvgIpc) is 2.20. The number of nitrogens with one attached hydrogen (secondary N) is 1. The fraction of sp³-hybridized carbons (Fsp3) is 0.455. The maximum atomic E-state index is 10.6. The maximum absolute atomic E-state index is 10.6. The van der Waals surface area contributed by atoms with Crippen LogP contribution in [0.25, 0.3) is 5.43 Å². The zero-order valence-electron chi connectivity index (χ0n) is 9.90. The highest BCUT2D eigenvalue weighted by molar-refractivity contribution is 5.76. The molecule has 2 N–H and O–H groups in total. The van der Waals surface area contributed by atoms with Crippen LogP contribution in [0.1, 0.15) is 23.7 Å². The van der Waals surface area contributed by atoms with E-state index in [4.69, 9.17) is 5.11 Å². The Morgan fingerprint density at radius 2 is 2.06 bits per heavy atom. The minimum absolute atomic E-state index is 0.608. The van der Waals surface area contributed by atoms with E-state index in [1.807, 2.05) is 26.8 Å². The van der Waals surface area contributed by atoms with Crippen molar-refractivity contribution < 1.29 is 9.90 Å². The smallest absolute Gasteiger partial charge is 0.286 e. The van der Waals surface area contributed by atoms with Crippen LogP contribution in [0, 0.1) is 20.8 Å². The van der Waals surface area contributed by atoms with E-state index in [2.05, 4.69) is 15.8 Å². The Bertz CT molecular complexity index is 404. The molecule has 1 heterocycles. The summed E-state index contributed by atoms with van der Waals surface area (Å²) in [5.74, 6) is -0.356. The lowest BCUT2D eigenvalue weighted by atomic mass is 10.1. The number of hydrogen-bond acceptors (Lipinski definition) is 3. The Hall–Kier alpha value is -1.62. The fourth-order valence-corrected chi connectivity index (χ4v) is 1.17. The molecule has 1 aromatic heterocycles. The van der Waals surface area contributed by atoms with Crippen LogP contribution in [-0.4, -0.2) is 22.1 Å². The molecule has 5 heteroatoms. The highest BCUT2D eigenvalue weighted by Gasteiger charge is 2.02. The van der Waals surface area contributed by atoms with Crippen molar-refractivity contribution in [3.8, 4) is 0 Å². The third kappa shape index (κ3) is 2.93. The summed E-state index contributed by atoms with van der Waals surface area (Å²) in [6.45, 7) is 7.30. The molecule has 0 aliphatic rings. The highest BCUT2D eigenvalue weighted by atomic mass is 16.4. The third-order valence-corrected chi connectivity index (χ3v) is 2.38. The van der Waals surface area contributed by atoms with Crippen molar-refractivity contribution in [2.24, 2.45) is 0 Å². The number of nitrogens with zero attached hydrogens (tertiary/aromatic N) is 2. The summed E-state index contributed by atoms with van der Waals surface area (Å²) in [6.07, 6.45) is 0. The van der Waals surface area contributed by atoms with E-state index in [1.165, 1.54) is 6.92 Å². The number of anilines is 1. The summed E-state index contributed by atoms with van der Waals surface area (Å²) < 4.78 is 0.